The Morgan fingerprint density at radius 1 is 0.645 bits per heavy atom. The van der Waals surface area contributed by atoms with Crippen molar-refractivity contribution in [1.29, 1.82) is 0 Å². The summed E-state index contributed by atoms with van der Waals surface area (Å²) < 4.78 is 5.48. The van der Waals surface area contributed by atoms with E-state index in [4.69, 9.17) is 0 Å². The van der Waals surface area contributed by atoms with Crippen molar-refractivity contribution in [3.05, 3.63) is 45.8 Å². The van der Waals surface area contributed by atoms with Crippen LogP contribution in [0, 0.1) is 12.2 Å². The van der Waals surface area contributed by atoms with Gasteiger partial charge in [-0.3, -0.25) is 12.2 Å². The van der Waals surface area contributed by atoms with E-state index >= 15 is 0 Å². The van der Waals surface area contributed by atoms with Crippen LogP contribution in [0.25, 0.3) is 0 Å². The minimum atomic E-state index is -1.29. The summed E-state index contributed by atoms with van der Waals surface area (Å²) in [6, 6.07) is 0. The molecule has 0 bridgehead atoms. The van der Waals surface area contributed by atoms with Gasteiger partial charge >= 0.3 is 25.8 Å². The van der Waals surface area contributed by atoms with Crippen LogP contribution in [0.5, 0.6) is 0 Å². The van der Waals surface area contributed by atoms with Gasteiger partial charge in [-0.2, -0.15) is 10.4 Å². The zero-order valence-electron chi connectivity index (χ0n) is 20.4. The molecule has 0 aromatic rings. The topological polar surface area (TPSA) is 6.48 Å². The summed E-state index contributed by atoms with van der Waals surface area (Å²) in [5.74, 6) is 0. The number of allylic oxidation sites excluding steroid dienone is 8. The third kappa shape index (κ3) is 7.90. The standard InChI is InChI=1S/2C12H20NSi.2ClH.Hf/c2*1-11-6-7-12(10-11)14(2,3)13-8-4-5-9-13;;;/h2*6H,4-5,7-9H2,1-3H3;2*1H;/q2*-1;;;+4/p-2. The molecular formula is C24H40Cl2HfN2Si2. The first kappa shape index (κ1) is 31.8. The Morgan fingerprint density at radius 3 is 1.16 bits per heavy atom. The second-order valence-electron chi connectivity index (χ2n) is 9.90. The fourth-order valence-electron chi connectivity index (χ4n) is 4.93. The number of halogens is 2. The Labute approximate surface area is 225 Å². The molecule has 2 aliphatic heterocycles. The van der Waals surface area contributed by atoms with Crippen LogP contribution >= 0.6 is 0 Å². The van der Waals surface area contributed by atoms with E-state index in [-0.39, 0.29) is 50.7 Å². The van der Waals surface area contributed by atoms with Gasteiger partial charge in [0.15, 0.2) is 0 Å². The first-order chi connectivity index (χ1) is 13.2. The molecule has 2 saturated heterocycles. The number of hydrogen-bond donors (Lipinski definition) is 0. The van der Waals surface area contributed by atoms with E-state index in [1.807, 2.05) is 0 Å². The fraction of sp³-hybridized carbons (Fsp3) is 0.667. The largest absolute Gasteiger partial charge is 4.00 e. The van der Waals surface area contributed by atoms with Crippen molar-refractivity contribution in [1.82, 2.24) is 9.13 Å². The summed E-state index contributed by atoms with van der Waals surface area (Å²) in [5, 5.41) is 3.22. The minimum absolute atomic E-state index is 0. The maximum absolute atomic E-state index is 3.57. The molecule has 31 heavy (non-hydrogen) atoms. The van der Waals surface area contributed by atoms with Gasteiger partial charge in [0.25, 0.3) is 0 Å². The van der Waals surface area contributed by atoms with Crippen LogP contribution in [0.2, 0.25) is 26.2 Å². The van der Waals surface area contributed by atoms with Crippen LogP contribution < -0.4 is 24.8 Å². The van der Waals surface area contributed by atoms with Gasteiger partial charge in [-0.1, -0.05) is 52.9 Å². The van der Waals surface area contributed by atoms with Crippen molar-refractivity contribution in [3.8, 4) is 0 Å². The van der Waals surface area contributed by atoms with Crippen molar-refractivity contribution in [2.24, 2.45) is 0 Å². The van der Waals surface area contributed by atoms with E-state index in [2.05, 4.69) is 73.5 Å². The third-order valence-electron chi connectivity index (χ3n) is 7.19. The molecule has 0 aromatic carbocycles. The van der Waals surface area contributed by atoms with Gasteiger partial charge in [0.05, 0.1) is 0 Å². The molecule has 172 valence electrons. The van der Waals surface area contributed by atoms with Gasteiger partial charge < -0.3 is 33.9 Å². The third-order valence-corrected chi connectivity index (χ3v) is 14.9. The average Bonchev–Trinajstić information content (AvgIpc) is 3.42. The molecule has 4 aliphatic rings. The van der Waals surface area contributed by atoms with Crippen molar-refractivity contribution < 1.29 is 50.7 Å². The molecule has 0 spiro atoms. The normalized spacial score (nSPS) is 21.6. The second kappa shape index (κ2) is 13.6. The summed E-state index contributed by atoms with van der Waals surface area (Å²) in [7, 11) is -2.58. The van der Waals surface area contributed by atoms with Crippen LogP contribution in [0.15, 0.2) is 33.7 Å². The van der Waals surface area contributed by atoms with Crippen LogP contribution in [0.4, 0.5) is 0 Å². The van der Waals surface area contributed by atoms with Gasteiger partial charge in [0.1, 0.15) is 16.5 Å². The smallest absolute Gasteiger partial charge is 1.00 e. The monoisotopic (exact) mass is 662 g/mol. The van der Waals surface area contributed by atoms with Crippen LogP contribution in [0.3, 0.4) is 0 Å². The molecule has 2 fully saturated rings. The molecule has 0 unspecified atom stereocenters. The summed E-state index contributed by atoms with van der Waals surface area (Å²) >= 11 is 0. The van der Waals surface area contributed by atoms with Crippen LogP contribution in [0.1, 0.15) is 52.4 Å². The van der Waals surface area contributed by atoms with Gasteiger partial charge in [-0.25, -0.2) is 23.3 Å². The summed E-state index contributed by atoms with van der Waals surface area (Å²) in [6.07, 6.45) is 19.7. The molecule has 0 atom stereocenters. The van der Waals surface area contributed by atoms with Gasteiger partial charge in [-0.05, 0) is 51.9 Å². The number of rotatable bonds is 4. The van der Waals surface area contributed by atoms with Crippen molar-refractivity contribution in [2.75, 3.05) is 26.2 Å². The Balaban J connectivity index is 0.000000529. The SMILES string of the molecule is CC1=CCC([Si](C)(C)N2CCCC2)=[C-]1.CC1=CCC([Si](C)(C)N2CCCC2)=[C-]1.[Cl-].[Cl-].[Hf+4]. The van der Waals surface area contributed by atoms with Crippen molar-refractivity contribution in [3.63, 3.8) is 0 Å². The van der Waals surface area contributed by atoms with Crippen molar-refractivity contribution >= 4 is 16.5 Å². The molecule has 0 aromatic heterocycles. The van der Waals surface area contributed by atoms with E-state index in [1.165, 1.54) is 75.9 Å². The number of hydrogen-bond acceptors (Lipinski definition) is 2. The number of nitrogens with zero attached hydrogens (tertiary/aromatic N) is 2. The van der Waals surface area contributed by atoms with E-state index in [1.54, 1.807) is 10.4 Å². The van der Waals surface area contributed by atoms with Gasteiger partial charge in [0.2, 0.25) is 0 Å². The molecule has 2 aliphatic carbocycles. The molecule has 0 saturated carbocycles. The van der Waals surface area contributed by atoms with E-state index < -0.39 is 16.5 Å². The molecule has 0 N–H and O–H groups in total. The van der Waals surface area contributed by atoms with Gasteiger partial charge in [0, 0.05) is 0 Å². The summed E-state index contributed by atoms with van der Waals surface area (Å²) in [6.45, 7) is 19.5. The zero-order valence-corrected chi connectivity index (χ0v) is 27.5. The molecule has 7 heteroatoms. The molecule has 0 radical (unpaired) electrons. The van der Waals surface area contributed by atoms with Crippen LogP contribution in [-0.4, -0.2) is 51.8 Å². The second-order valence-corrected chi connectivity index (χ2v) is 18.6. The predicted molar refractivity (Wildman–Crippen MR) is 127 cm³/mol. The average molecular weight is 662 g/mol. The minimum Gasteiger partial charge on any atom is -1.00 e. The predicted octanol–water partition coefficient (Wildman–Crippen LogP) is -0.182. The maximum Gasteiger partial charge on any atom is 4.00 e. The van der Waals surface area contributed by atoms with Crippen molar-refractivity contribution in [2.45, 2.75) is 78.6 Å². The Kier molecular flexibility index (Phi) is 13.9. The molecular weight excluding hydrogens is 622 g/mol. The molecule has 0 amide bonds. The zero-order chi connectivity index (χ0) is 20.4. The fourth-order valence-corrected chi connectivity index (χ4v) is 10.8. The first-order valence-corrected chi connectivity index (χ1v) is 17.2. The molecule has 2 nitrogen and oxygen atoms in total. The van der Waals surface area contributed by atoms with E-state index in [0.29, 0.717) is 0 Å². The molecule has 4 rings (SSSR count). The molecule has 2 heterocycles. The Hall–Kier alpha value is 0.764. The quantitative estimate of drug-likeness (QED) is 0.305. The maximum atomic E-state index is 3.57. The van der Waals surface area contributed by atoms with Crippen LogP contribution in [-0.2, 0) is 25.8 Å². The Morgan fingerprint density at radius 2 is 0.935 bits per heavy atom. The van der Waals surface area contributed by atoms with E-state index in [9.17, 15) is 0 Å². The summed E-state index contributed by atoms with van der Waals surface area (Å²) in [5.41, 5.74) is 2.69. The first-order valence-electron chi connectivity index (χ1n) is 11.3. The van der Waals surface area contributed by atoms with Gasteiger partial charge in [-0.15, -0.1) is 0 Å². The Bertz CT molecular complexity index is 642. The summed E-state index contributed by atoms with van der Waals surface area (Å²) in [4.78, 5) is 0. The van der Waals surface area contributed by atoms with E-state index in [0.717, 1.165) is 0 Å².